The van der Waals surface area contributed by atoms with Crippen LogP contribution in [0.2, 0.25) is 0 Å². The van der Waals surface area contributed by atoms with Crippen LogP contribution in [0, 0.1) is 0 Å². The zero-order chi connectivity index (χ0) is 10.1. The number of carbonyl (C=O) groups is 1. The molecule has 4 heteroatoms. The van der Waals surface area contributed by atoms with Crippen molar-refractivity contribution in [1.29, 1.82) is 0 Å². The molecule has 0 saturated carbocycles. The third-order valence-corrected chi connectivity index (χ3v) is 2.39. The van der Waals surface area contributed by atoms with E-state index in [2.05, 4.69) is 0 Å². The Balaban J connectivity index is 2.33. The van der Waals surface area contributed by atoms with Gasteiger partial charge in [-0.25, -0.2) is 4.79 Å². The molecular weight excluding hydrogens is 180 g/mol. The number of hydrogen-bond acceptors (Lipinski definition) is 2. The highest BCUT2D eigenvalue weighted by Gasteiger charge is 2.27. The number of urea groups is 1. The molecule has 14 heavy (non-hydrogen) atoms. The second kappa shape index (κ2) is 3.21. The Morgan fingerprint density at radius 1 is 1.29 bits per heavy atom. The largest absolute Gasteiger partial charge is 0.506 e. The fraction of sp³-hybridized carbons (Fsp3) is 0.300. The van der Waals surface area contributed by atoms with Crippen molar-refractivity contribution in [2.24, 2.45) is 0 Å². The van der Waals surface area contributed by atoms with Gasteiger partial charge in [-0.05, 0) is 12.1 Å². The molecule has 1 aliphatic heterocycles. The van der Waals surface area contributed by atoms with Crippen LogP contribution in [-0.4, -0.2) is 36.2 Å². The first-order valence-electron chi connectivity index (χ1n) is 4.51. The number of hydrogen-bond donors (Lipinski definition) is 1. The van der Waals surface area contributed by atoms with Crippen molar-refractivity contribution in [2.45, 2.75) is 0 Å². The van der Waals surface area contributed by atoms with E-state index in [1.807, 2.05) is 0 Å². The average Bonchev–Trinajstić information content (AvgIpc) is 2.49. The van der Waals surface area contributed by atoms with Crippen LogP contribution in [0.5, 0.6) is 5.75 Å². The normalized spacial score (nSPS) is 16.5. The fourth-order valence-corrected chi connectivity index (χ4v) is 1.56. The molecule has 1 saturated heterocycles. The van der Waals surface area contributed by atoms with E-state index in [-0.39, 0.29) is 11.8 Å². The highest BCUT2D eigenvalue weighted by atomic mass is 16.3. The van der Waals surface area contributed by atoms with Crippen LogP contribution in [0.3, 0.4) is 0 Å². The fourth-order valence-electron chi connectivity index (χ4n) is 1.56. The summed E-state index contributed by atoms with van der Waals surface area (Å²) in [6.45, 7) is 1.33. The van der Waals surface area contributed by atoms with Crippen LogP contribution < -0.4 is 4.90 Å². The molecule has 74 valence electrons. The number of rotatable bonds is 1. The molecule has 1 heterocycles. The smallest absolute Gasteiger partial charge is 0.324 e. The Bertz CT molecular complexity index is 365. The van der Waals surface area contributed by atoms with Crippen molar-refractivity contribution < 1.29 is 9.90 Å². The summed E-state index contributed by atoms with van der Waals surface area (Å²) in [5, 5.41) is 9.56. The molecule has 0 unspecified atom stereocenters. The van der Waals surface area contributed by atoms with E-state index in [0.717, 1.165) is 0 Å². The zero-order valence-electron chi connectivity index (χ0n) is 7.97. The molecule has 2 amide bonds. The standard InChI is InChI=1S/C10H12N2O2/c1-11-6-7-12(10(11)14)8-4-2-3-5-9(8)13/h2-5,13H,6-7H2,1H3. The lowest BCUT2D eigenvalue weighted by atomic mass is 10.3. The summed E-state index contributed by atoms with van der Waals surface area (Å²) < 4.78 is 0. The Hall–Kier alpha value is -1.71. The molecule has 1 aliphatic rings. The number of phenols is 1. The van der Waals surface area contributed by atoms with Gasteiger partial charge in [0.1, 0.15) is 5.75 Å². The van der Waals surface area contributed by atoms with Gasteiger partial charge >= 0.3 is 6.03 Å². The van der Waals surface area contributed by atoms with E-state index in [0.29, 0.717) is 18.8 Å². The third kappa shape index (κ3) is 1.28. The number of likely N-dealkylation sites (N-methyl/N-ethyl adjacent to an activating group) is 1. The first kappa shape index (κ1) is 8.87. The molecule has 0 spiro atoms. The van der Waals surface area contributed by atoms with Gasteiger partial charge in [0.05, 0.1) is 5.69 Å². The first-order valence-corrected chi connectivity index (χ1v) is 4.51. The molecule has 0 radical (unpaired) electrons. The summed E-state index contributed by atoms with van der Waals surface area (Å²) in [6.07, 6.45) is 0. The maximum Gasteiger partial charge on any atom is 0.324 e. The van der Waals surface area contributed by atoms with Gasteiger partial charge < -0.3 is 10.0 Å². The number of phenolic OH excluding ortho intramolecular Hbond substituents is 1. The maximum absolute atomic E-state index is 11.6. The van der Waals surface area contributed by atoms with Gasteiger partial charge in [0.15, 0.2) is 0 Å². The number of para-hydroxylation sites is 2. The van der Waals surface area contributed by atoms with Gasteiger partial charge in [0, 0.05) is 20.1 Å². The lowest BCUT2D eigenvalue weighted by Crippen LogP contribution is -2.29. The molecule has 1 N–H and O–H groups in total. The number of aromatic hydroxyl groups is 1. The highest BCUT2D eigenvalue weighted by Crippen LogP contribution is 2.28. The lowest BCUT2D eigenvalue weighted by Gasteiger charge is -2.16. The third-order valence-electron chi connectivity index (χ3n) is 2.39. The van der Waals surface area contributed by atoms with Gasteiger partial charge in [0.2, 0.25) is 0 Å². The molecule has 0 atom stereocenters. The minimum Gasteiger partial charge on any atom is -0.506 e. The summed E-state index contributed by atoms with van der Waals surface area (Å²) in [6, 6.07) is 6.81. The molecule has 4 nitrogen and oxygen atoms in total. The van der Waals surface area contributed by atoms with Crippen LogP contribution in [-0.2, 0) is 0 Å². The first-order chi connectivity index (χ1) is 6.70. The number of carbonyl (C=O) groups excluding carboxylic acids is 1. The summed E-state index contributed by atoms with van der Waals surface area (Å²) in [4.78, 5) is 14.8. The van der Waals surface area contributed by atoms with Gasteiger partial charge in [-0.15, -0.1) is 0 Å². The monoisotopic (exact) mass is 192 g/mol. The molecule has 0 aliphatic carbocycles. The number of amides is 2. The van der Waals surface area contributed by atoms with E-state index >= 15 is 0 Å². The van der Waals surface area contributed by atoms with Crippen molar-refractivity contribution in [3.63, 3.8) is 0 Å². The zero-order valence-corrected chi connectivity index (χ0v) is 7.97. The Kier molecular flexibility index (Phi) is 2.04. The van der Waals surface area contributed by atoms with E-state index in [1.165, 1.54) is 0 Å². The predicted molar refractivity (Wildman–Crippen MR) is 53.5 cm³/mol. The van der Waals surface area contributed by atoms with Gasteiger partial charge in [0.25, 0.3) is 0 Å². The van der Waals surface area contributed by atoms with Gasteiger partial charge in [-0.3, -0.25) is 4.90 Å². The Morgan fingerprint density at radius 3 is 2.57 bits per heavy atom. The highest BCUT2D eigenvalue weighted by molar-refractivity contribution is 5.95. The van der Waals surface area contributed by atoms with Crippen LogP contribution in [0.4, 0.5) is 10.5 Å². The van der Waals surface area contributed by atoms with Gasteiger partial charge in [-0.2, -0.15) is 0 Å². The summed E-state index contributed by atoms with van der Waals surface area (Å²) >= 11 is 0. The number of nitrogens with zero attached hydrogens (tertiary/aromatic N) is 2. The van der Waals surface area contributed by atoms with Crippen molar-refractivity contribution in [3.05, 3.63) is 24.3 Å². The minimum atomic E-state index is -0.0634. The molecule has 1 aromatic rings. The second-order valence-corrected chi connectivity index (χ2v) is 3.34. The molecule has 0 bridgehead atoms. The summed E-state index contributed by atoms with van der Waals surface area (Å²) in [5.74, 6) is 0.149. The molecule has 0 aromatic heterocycles. The van der Waals surface area contributed by atoms with E-state index in [4.69, 9.17) is 0 Å². The summed E-state index contributed by atoms with van der Waals surface area (Å²) in [5.41, 5.74) is 0.585. The SMILES string of the molecule is CN1CCN(c2ccccc2O)C1=O. The average molecular weight is 192 g/mol. The van der Waals surface area contributed by atoms with Gasteiger partial charge in [-0.1, -0.05) is 12.1 Å². The number of anilines is 1. The van der Waals surface area contributed by atoms with Crippen LogP contribution in [0.25, 0.3) is 0 Å². The molecular formula is C10H12N2O2. The maximum atomic E-state index is 11.6. The van der Waals surface area contributed by atoms with E-state index in [1.54, 1.807) is 41.1 Å². The van der Waals surface area contributed by atoms with Crippen LogP contribution in [0.15, 0.2) is 24.3 Å². The van der Waals surface area contributed by atoms with Crippen molar-refractivity contribution in [2.75, 3.05) is 25.0 Å². The molecule has 1 aromatic carbocycles. The Morgan fingerprint density at radius 2 is 2.00 bits per heavy atom. The molecule has 2 rings (SSSR count). The Labute approximate surface area is 82.4 Å². The number of benzene rings is 1. The minimum absolute atomic E-state index is 0.0634. The van der Waals surface area contributed by atoms with Crippen LogP contribution >= 0.6 is 0 Å². The van der Waals surface area contributed by atoms with E-state index < -0.39 is 0 Å². The quantitative estimate of drug-likeness (QED) is 0.728. The lowest BCUT2D eigenvalue weighted by molar-refractivity contribution is 0.229. The van der Waals surface area contributed by atoms with Crippen molar-refractivity contribution >= 4 is 11.7 Å². The summed E-state index contributed by atoms with van der Waals surface area (Å²) in [7, 11) is 1.75. The van der Waals surface area contributed by atoms with Crippen molar-refractivity contribution in [1.82, 2.24) is 4.90 Å². The van der Waals surface area contributed by atoms with E-state index in [9.17, 15) is 9.90 Å². The molecule has 1 fully saturated rings. The van der Waals surface area contributed by atoms with Crippen LogP contribution in [0.1, 0.15) is 0 Å². The predicted octanol–water partition coefficient (Wildman–Crippen LogP) is 1.26. The topological polar surface area (TPSA) is 43.8 Å². The van der Waals surface area contributed by atoms with Crippen molar-refractivity contribution in [3.8, 4) is 5.75 Å². The second-order valence-electron chi connectivity index (χ2n) is 3.34.